The first kappa shape index (κ1) is 10.4. The Morgan fingerprint density at radius 3 is 3.00 bits per heavy atom. The third-order valence-electron chi connectivity index (χ3n) is 2.52. The Bertz CT molecular complexity index is 451. The van der Waals surface area contributed by atoms with Crippen molar-refractivity contribution >= 4 is 21.7 Å². The van der Waals surface area contributed by atoms with E-state index < -0.39 is 0 Å². The van der Waals surface area contributed by atoms with Crippen LogP contribution in [0.3, 0.4) is 0 Å². The molecule has 0 radical (unpaired) electrons. The van der Waals surface area contributed by atoms with Gasteiger partial charge in [-0.2, -0.15) is 0 Å². The molecule has 1 aliphatic rings. The van der Waals surface area contributed by atoms with Crippen LogP contribution in [0.25, 0.3) is 0 Å². The Balaban J connectivity index is 2.35. The van der Waals surface area contributed by atoms with E-state index in [0.717, 1.165) is 34.9 Å². The number of carbonyl (C=O) groups excluding carboxylic acids is 1. The second-order valence-electron chi connectivity index (χ2n) is 3.50. The number of Topliss-reactive ketones (excluding diaryl/α,β-unsaturated/α-hetero) is 1. The molecular weight excluding hydrogens is 252 g/mol. The number of fused-ring (bicyclic) bond motifs is 1. The topological polar surface area (TPSA) is 17.1 Å². The summed E-state index contributed by atoms with van der Waals surface area (Å²) in [6.45, 7) is 0. The summed E-state index contributed by atoms with van der Waals surface area (Å²) in [5, 5.41) is 0.897. The zero-order chi connectivity index (χ0) is 10.7. The van der Waals surface area contributed by atoms with Crippen molar-refractivity contribution in [2.45, 2.75) is 19.3 Å². The van der Waals surface area contributed by atoms with E-state index in [0.29, 0.717) is 6.42 Å². The highest BCUT2D eigenvalue weighted by molar-refractivity contribution is 9.09. The Morgan fingerprint density at radius 1 is 1.33 bits per heavy atom. The number of hydrogen-bond acceptors (Lipinski definition) is 1. The van der Waals surface area contributed by atoms with Crippen LogP contribution in [0.15, 0.2) is 18.2 Å². The molecule has 0 spiro atoms. The molecule has 1 aromatic carbocycles. The van der Waals surface area contributed by atoms with Crippen molar-refractivity contribution in [2.75, 3.05) is 5.33 Å². The quantitative estimate of drug-likeness (QED) is 0.562. The van der Waals surface area contributed by atoms with Gasteiger partial charge in [0.1, 0.15) is 0 Å². The minimum atomic E-state index is 0.258. The molecule has 1 nitrogen and oxygen atoms in total. The third kappa shape index (κ3) is 2.13. The normalized spacial score (nSPS) is 13.3. The summed E-state index contributed by atoms with van der Waals surface area (Å²) in [6.07, 6.45) is 2.34. The largest absolute Gasteiger partial charge is 0.294 e. The highest BCUT2D eigenvalue weighted by Crippen LogP contribution is 2.24. The molecule has 0 N–H and O–H groups in total. The predicted octanol–water partition coefficient (Wildman–Crippen LogP) is 2.95. The van der Waals surface area contributed by atoms with E-state index in [-0.39, 0.29) is 5.78 Å². The number of rotatable bonds is 1. The minimum absolute atomic E-state index is 0.258. The number of carbonyl (C=O) groups is 1. The summed E-state index contributed by atoms with van der Waals surface area (Å²) >= 11 is 3.34. The minimum Gasteiger partial charge on any atom is -0.294 e. The molecule has 2 rings (SSSR count). The fourth-order valence-electron chi connectivity index (χ4n) is 1.81. The van der Waals surface area contributed by atoms with Gasteiger partial charge in [-0.1, -0.05) is 39.9 Å². The predicted molar refractivity (Wildman–Crippen MR) is 64.4 cm³/mol. The molecule has 0 atom stereocenters. The van der Waals surface area contributed by atoms with Crippen molar-refractivity contribution in [3.05, 3.63) is 34.9 Å². The molecule has 2 heteroatoms. The first-order valence-corrected chi connectivity index (χ1v) is 6.15. The fourth-order valence-corrected chi connectivity index (χ4v) is 2.01. The molecule has 0 bridgehead atoms. The molecule has 0 aromatic heterocycles. The van der Waals surface area contributed by atoms with Gasteiger partial charge in [-0.25, -0.2) is 0 Å². The lowest BCUT2D eigenvalue weighted by Gasteiger charge is -1.99. The van der Waals surface area contributed by atoms with E-state index in [9.17, 15) is 4.79 Å². The molecule has 0 saturated carbocycles. The van der Waals surface area contributed by atoms with Gasteiger partial charge in [0.15, 0.2) is 5.78 Å². The summed E-state index contributed by atoms with van der Waals surface area (Å²) in [7, 11) is 0. The van der Waals surface area contributed by atoms with Crippen LogP contribution in [0.2, 0.25) is 0 Å². The first-order valence-electron chi connectivity index (χ1n) is 5.03. The van der Waals surface area contributed by atoms with Gasteiger partial charge in [-0.3, -0.25) is 4.79 Å². The van der Waals surface area contributed by atoms with Crippen LogP contribution >= 0.6 is 15.9 Å². The van der Waals surface area contributed by atoms with Gasteiger partial charge in [0.25, 0.3) is 0 Å². The average Bonchev–Trinajstić information content (AvgIpc) is 2.62. The Hall–Kier alpha value is -1.07. The second kappa shape index (κ2) is 4.63. The van der Waals surface area contributed by atoms with Crippen molar-refractivity contribution in [1.82, 2.24) is 0 Å². The molecule has 76 valence electrons. The fraction of sp³-hybridized carbons (Fsp3) is 0.308. The summed E-state index contributed by atoms with van der Waals surface area (Å²) in [5.41, 5.74) is 3.05. The monoisotopic (exact) mass is 262 g/mol. The standard InChI is InChI=1S/C13H11BrO/c14-9-2-1-4-10-5-3-6-12-11(10)7-8-13(12)15/h3,5-6H,2,7-9H2. The summed E-state index contributed by atoms with van der Waals surface area (Å²) in [5.74, 6) is 6.48. The Labute approximate surface area is 98.0 Å². The van der Waals surface area contributed by atoms with Crippen LogP contribution in [0, 0.1) is 11.8 Å². The lowest BCUT2D eigenvalue weighted by Crippen LogP contribution is -1.92. The number of alkyl halides is 1. The summed E-state index contributed by atoms with van der Waals surface area (Å²) in [4.78, 5) is 11.5. The van der Waals surface area contributed by atoms with Gasteiger partial charge in [0, 0.05) is 29.3 Å². The zero-order valence-corrected chi connectivity index (χ0v) is 9.93. The maximum Gasteiger partial charge on any atom is 0.163 e. The number of ketones is 1. The highest BCUT2D eigenvalue weighted by atomic mass is 79.9. The molecule has 0 amide bonds. The van der Waals surface area contributed by atoms with Crippen LogP contribution in [-0.4, -0.2) is 11.1 Å². The Morgan fingerprint density at radius 2 is 2.20 bits per heavy atom. The van der Waals surface area contributed by atoms with E-state index in [1.54, 1.807) is 0 Å². The van der Waals surface area contributed by atoms with Gasteiger partial charge in [-0.05, 0) is 18.1 Å². The van der Waals surface area contributed by atoms with E-state index in [2.05, 4.69) is 27.8 Å². The molecule has 15 heavy (non-hydrogen) atoms. The van der Waals surface area contributed by atoms with E-state index >= 15 is 0 Å². The smallest absolute Gasteiger partial charge is 0.163 e. The molecule has 0 unspecified atom stereocenters. The van der Waals surface area contributed by atoms with Gasteiger partial charge < -0.3 is 0 Å². The maximum atomic E-state index is 11.5. The van der Waals surface area contributed by atoms with Gasteiger partial charge >= 0.3 is 0 Å². The molecule has 0 fully saturated rings. The van der Waals surface area contributed by atoms with Crippen LogP contribution < -0.4 is 0 Å². The van der Waals surface area contributed by atoms with Crippen molar-refractivity contribution in [3.63, 3.8) is 0 Å². The van der Waals surface area contributed by atoms with Crippen LogP contribution in [0.4, 0.5) is 0 Å². The molecule has 1 aliphatic carbocycles. The van der Waals surface area contributed by atoms with Gasteiger partial charge in [0.2, 0.25) is 0 Å². The van der Waals surface area contributed by atoms with Gasteiger partial charge in [0.05, 0.1) is 0 Å². The SMILES string of the molecule is O=C1CCc2c(C#CCCBr)cccc21. The molecular formula is C13H11BrO. The summed E-state index contributed by atoms with van der Waals surface area (Å²) in [6, 6.07) is 5.82. The highest BCUT2D eigenvalue weighted by Gasteiger charge is 2.20. The summed E-state index contributed by atoms with van der Waals surface area (Å²) < 4.78 is 0. The van der Waals surface area contributed by atoms with E-state index in [1.807, 2.05) is 18.2 Å². The Kier molecular flexibility index (Phi) is 3.23. The van der Waals surface area contributed by atoms with Crippen LogP contribution in [0.1, 0.15) is 34.3 Å². The van der Waals surface area contributed by atoms with E-state index in [4.69, 9.17) is 0 Å². The van der Waals surface area contributed by atoms with Crippen LogP contribution in [0.5, 0.6) is 0 Å². The zero-order valence-electron chi connectivity index (χ0n) is 8.35. The van der Waals surface area contributed by atoms with E-state index in [1.165, 1.54) is 0 Å². The maximum absolute atomic E-state index is 11.5. The van der Waals surface area contributed by atoms with Crippen molar-refractivity contribution < 1.29 is 4.79 Å². The van der Waals surface area contributed by atoms with Crippen molar-refractivity contribution in [2.24, 2.45) is 0 Å². The molecule has 0 saturated heterocycles. The lowest BCUT2D eigenvalue weighted by atomic mass is 10.0. The molecule has 0 heterocycles. The molecule has 1 aromatic rings. The van der Waals surface area contributed by atoms with Crippen molar-refractivity contribution in [1.29, 1.82) is 0 Å². The second-order valence-corrected chi connectivity index (χ2v) is 4.29. The molecule has 0 aliphatic heterocycles. The van der Waals surface area contributed by atoms with Crippen LogP contribution in [-0.2, 0) is 6.42 Å². The third-order valence-corrected chi connectivity index (χ3v) is 2.92. The number of benzene rings is 1. The number of hydrogen-bond donors (Lipinski definition) is 0. The first-order chi connectivity index (χ1) is 7.33. The van der Waals surface area contributed by atoms with Crippen molar-refractivity contribution in [3.8, 4) is 11.8 Å². The average molecular weight is 263 g/mol. The number of halogens is 1. The lowest BCUT2D eigenvalue weighted by molar-refractivity contribution is 0.0994. The van der Waals surface area contributed by atoms with Gasteiger partial charge in [-0.15, -0.1) is 0 Å².